The van der Waals surface area contributed by atoms with Crippen molar-refractivity contribution in [2.45, 2.75) is 0 Å². The summed E-state index contributed by atoms with van der Waals surface area (Å²) in [7, 11) is 0. The minimum absolute atomic E-state index is 0.231. The van der Waals surface area contributed by atoms with Crippen LogP contribution in [0.5, 0.6) is 11.5 Å². The number of fused-ring (bicyclic) bond motifs is 2. The maximum Gasteiger partial charge on any atom is 0.151 e. The Morgan fingerprint density at radius 3 is 1.54 bits per heavy atom. The number of nitrogens with one attached hydrogen (secondary N) is 2. The SMILES string of the molecule is N=C(c1ccccc1)N(C(=N)c1ccc(N2c3ccccc3Oc3ccccc32)cc1)c1ccccc1. The van der Waals surface area contributed by atoms with Crippen molar-refractivity contribution in [2.75, 3.05) is 9.80 Å². The van der Waals surface area contributed by atoms with Crippen molar-refractivity contribution >= 4 is 34.4 Å². The van der Waals surface area contributed by atoms with Crippen LogP contribution in [0.15, 0.2) is 133 Å². The highest BCUT2D eigenvalue weighted by Crippen LogP contribution is 2.49. The van der Waals surface area contributed by atoms with Crippen molar-refractivity contribution in [1.29, 1.82) is 10.8 Å². The molecule has 0 unspecified atom stereocenters. The molecule has 0 aromatic heterocycles. The lowest BCUT2D eigenvalue weighted by Crippen LogP contribution is -2.37. The summed E-state index contributed by atoms with van der Waals surface area (Å²) in [6.45, 7) is 0. The predicted octanol–water partition coefficient (Wildman–Crippen LogP) is 8.12. The fraction of sp³-hybridized carbons (Fsp3) is 0. The van der Waals surface area contributed by atoms with Gasteiger partial charge in [-0.1, -0.05) is 72.8 Å². The fourth-order valence-corrected chi connectivity index (χ4v) is 4.55. The minimum Gasteiger partial charge on any atom is -0.453 e. The Bertz CT molecular complexity index is 1540. The van der Waals surface area contributed by atoms with E-state index in [1.165, 1.54) is 0 Å². The maximum absolute atomic E-state index is 9.10. The number of hydrogen-bond donors (Lipinski definition) is 2. The number of hydrogen-bond acceptors (Lipinski definition) is 4. The molecule has 0 saturated heterocycles. The van der Waals surface area contributed by atoms with E-state index in [1.54, 1.807) is 4.90 Å². The molecule has 0 fully saturated rings. The molecule has 0 radical (unpaired) electrons. The zero-order valence-electron chi connectivity index (χ0n) is 20.0. The Hall–Kier alpha value is -5.16. The first kappa shape index (κ1) is 22.3. The molecule has 1 heterocycles. The second kappa shape index (κ2) is 9.47. The Morgan fingerprint density at radius 2 is 0.973 bits per heavy atom. The van der Waals surface area contributed by atoms with Gasteiger partial charge in [-0.3, -0.25) is 15.7 Å². The molecule has 6 rings (SSSR count). The van der Waals surface area contributed by atoms with Gasteiger partial charge in [0, 0.05) is 22.5 Å². The molecular weight excluding hydrogens is 456 g/mol. The first-order chi connectivity index (χ1) is 18.2. The third-order valence-corrected chi connectivity index (χ3v) is 6.34. The molecule has 0 saturated carbocycles. The average Bonchev–Trinajstić information content (AvgIpc) is 2.97. The second-order valence-corrected chi connectivity index (χ2v) is 8.65. The molecule has 0 aliphatic carbocycles. The summed E-state index contributed by atoms with van der Waals surface area (Å²) in [5, 5.41) is 18.0. The molecule has 5 aromatic rings. The van der Waals surface area contributed by atoms with Crippen LogP contribution in [0.1, 0.15) is 11.1 Å². The topological polar surface area (TPSA) is 63.4 Å². The summed E-state index contributed by atoms with van der Waals surface area (Å²) >= 11 is 0. The number of rotatable bonds is 4. The van der Waals surface area contributed by atoms with Gasteiger partial charge in [-0.25, -0.2) is 0 Å². The summed E-state index contributed by atoms with van der Waals surface area (Å²) < 4.78 is 6.13. The zero-order valence-corrected chi connectivity index (χ0v) is 20.0. The molecule has 5 aromatic carbocycles. The molecule has 0 atom stereocenters. The predicted molar refractivity (Wildman–Crippen MR) is 150 cm³/mol. The van der Waals surface area contributed by atoms with Gasteiger partial charge >= 0.3 is 0 Å². The van der Waals surface area contributed by atoms with Gasteiger partial charge in [-0.05, 0) is 60.7 Å². The number of para-hydroxylation sites is 5. The number of amidine groups is 2. The second-order valence-electron chi connectivity index (χ2n) is 8.65. The standard InChI is InChI=1S/C32H24N4O/c33-31(23-11-3-1-4-12-23)36(25-13-5-2-6-14-25)32(34)24-19-21-26(22-20-24)35-27-15-7-9-17-29(27)37-30-18-10-8-16-28(30)35/h1-22,33-34H. The van der Waals surface area contributed by atoms with Gasteiger partial charge in [0.1, 0.15) is 11.7 Å². The third-order valence-electron chi connectivity index (χ3n) is 6.34. The fourth-order valence-electron chi connectivity index (χ4n) is 4.55. The van der Waals surface area contributed by atoms with E-state index in [0.29, 0.717) is 5.56 Å². The normalized spacial score (nSPS) is 11.6. The van der Waals surface area contributed by atoms with Gasteiger partial charge < -0.3 is 9.64 Å². The Labute approximate surface area is 215 Å². The van der Waals surface area contributed by atoms with Crippen molar-refractivity contribution in [3.05, 3.63) is 145 Å². The van der Waals surface area contributed by atoms with Crippen molar-refractivity contribution in [3.63, 3.8) is 0 Å². The minimum atomic E-state index is 0.231. The van der Waals surface area contributed by atoms with Gasteiger partial charge in [0.25, 0.3) is 0 Å². The van der Waals surface area contributed by atoms with Gasteiger partial charge in [0.15, 0.2) is 11.5 Å². The maximum atomic E-state index is 9.10. The van der Waals surface area contributed by atoms with Gasteiger partial charge in [0.05, 0.1) is 11.4 Å². The van der Waals surface area contributed by atoms with Crippen LogP contribution in [-0.4, -0.2) is 11.7 Å². The highest BCUT2D eigenvalue weighted by molar-refractivity contribution is 6.27. The highest BCUT2D eigenvalue weighted by Gasteiger charge is 2.26. The van der Waals surface area contributed by atoms with Crippen LogP contribution >= 0.6 is 0 Å². The van der Waals surface area contributed by atoms with Crippen LogP contribution in [0, 0.1) is 10.8 Å². The first-order valence-corrected chi connectivity index (χ1v) is 12.0. The molecule has 1 aliphatic rings. The summed E-state index contributed by atoms with van der Waals surface area (Å²) in [5.74, 6) is 2.07. The van der Waals surface area contributed by atoms with Gasteiger partial charge in [-0.2, -0.15) is 0 Å². The number of ether oxygens (including phenoxy) is 1. The van der Waals surface area contributed by atoms with Gasteiger partial charge in [-0.15, -0.1) is 0 Å². The molecule has 0 amide bonds. The Morgan fingerprint density at radius 1 is 0.514 bits per heavy atom. The molecule has 0 spiro atoms. The van der Waals surface area contributed by atoms with Crippen molar-refractivity contribution in [1.82, 2.24) is 0 Å². The van der Waals surface area contributed by atoms with Crippen molar-refractivity contribution < 1.29 is 4.74 Å². The monoisotopic (exact) mass is 480 g/mol. The summed E-state index contributed by atoms with van der Waals surface area (Å²) in [4.78, 5) is 3.84. The smallest absolute Gasteiger partial charge is 0.151 e. The van der Waals surface area contributed by atoms with E-state index >= 15 is 0 Å². The van der Waals surface area contributed by atoms with Crippen LogP contribution < -0.4 is 14.5 Å². The van der Waals surface area contributed by atoms with Crippen LogP contribution in [0.25, 0.3) is 0 Å². The summed E-state index contributed by atoms with van der Waals surface area (Å²) in [6.07, 6.45) is 0. The van der Waals surface area contributed by atoms with E-state index in [4.69, 9.17) is 15.6 Å². The van der Waals surface area contributed by atoms with Crippen molar-refractivity contribution in [2.24, 2.45) is 0 Å². The van der Waals surface area contributed by atoms with E-state index in [2.05, 4.69) is 4.90 Å². The average molecular weight is 481 g/mol. The molecule has 5 heteroatoms. The molecule has 5 nitrogen and oxygen atoms in total. The summed E-state index contributed by atoms with van der Waals surface area (Å²) in [5.41, 5.74) is 5.10. The number of anilines is 4. The molecule has 178 valence electrons. The lowest BCUT2D eigenvalue weighted by molar-refractivity contribution is 0.477. The summed E-state index contributed by atoms with van der Waals surface area (Å²) in [6, 6.07) is 43.0. The van der Waals surface area contributed by atoms with E-state index in [0.717, 1.165) is 39.8 Å². The van der Waals surface area contributed by atoms with Crippen LogP contribution in [0.2, 0.25) is 0 Å². The Kier molecular flexibility index (Phi) is 5.71. The molecule has 2 N–H and O–H groups in total. The molecule has 1 aliphatic heterocycles. The van der Waals surface area contributed by atoms with Crippen LogP contribution in [0.4, 0.5) is 22.7 Å². The van der Waals surface area contributed by atoms with E-state index in [9.17, 15) is 0 Å². The van der Waals surface area contributed by atoms with Gasteiger partial charge in [0.2, 0.25) is 0 Å². The highest BCUT2D eigenvalue weighted by atomic mass is 16.5. The van der Waals surface area contributed by atoms with E-state index in [1.807, 2.05) is 133 Å². The molecular formula is C32H24N4O. The third kappa shape index (κ3) is 4.13. The van der Waals surface area contributed by atoms with Crippen LogP contribution in [0.3, 0.4) is 0 Å². The lowest BCUT2D eigenvalue weighted by atomic mass is 10.1. The zero-order chi connectivity index (χ0) is 25.2. The van der Waals surface area contributed by atoms with E-state index < -0.39 is 0 Å². The lowest BCUT2D eigenvalue weighted by Gasteiger charge is -2.33. The quantitative estimate of drug-likeness (QED) is 0.198. The Balaban J connectivity index is 1.38. The largest absolute Gasteiger partial charge is 0.453 e. The molecule has 0 bridgehead atoms. The number of benzene rings is 5. The molecule has 37 heavy (non-hydrogen) atoms. The van der Waals surface area contributed by atoms with E-state index in [-0.39, 0.29) is 11.7 Å². The van der Waals surface area contributed by atoms with Crippen LogP contribution in [-0.2, 0) is 0 Å². The number of nitrogens with zero attached hydrogens (tertiary/aromatic N) is 2. The first-order valence-electron chi connectivity index (χ1n) is 12.0. The van der Waals surface area contributed by atoms with Crippen molar-refractivity contribution in [3.8, 4) is 11.5 Å².